The van der Waals surface area contributed by atoms with E-state index in [1.807, 2.05) is 25.9 Å². The molecule has 0 aromatic heterocycles. The van der Waals surface area contributed by atoms with Gasteiger partial charge < -0.3 is 20.6 Å². The number of nitrogens with one attached hydrogen (secondary N) is 2. The number of nitrogens with zero attached hydrogens (tertiary/aromatic N) is 1. The van der Waals surface area contributed by atoms with Crippen LogP contribution in [0.2, 0.25) is 0 Å². The predicted octanol–water partition coefficient (Wildman–Crippen LogP) is 0.489. The molecule has 6 nitrogen and oxygen atoms in total. The van der Waals surface area contributed by atoms with Crippen molar-refractivity contribution in [3.8, 4) is 0 Å². The van der Waals surface area contributed by atoms with E-state index in [1.54, 1.807) is 0 Å². The minimum Gasteiger partial charge on any atom is -0.481 e. The lowest BCUT2D eigenvalue weighted by molar-refractivity contribution is -0.137. The number of aliphatic carboxylic acids is 1. The average Bonchev–Trinajstić information content (AvgIpc) is 2.96. The second-order valence-electron chi connectivity index (χ2n) is 5.32. The van der Waals surface area contributed by atoms with Gasteiger partial charge >= 0.3 is 12.0 Å². The predicted molar refractivity (Wildman–Crippen MR) is 68.4 cm³/mol. The highest BCUT2D eigenvalue weighted by molar-refractivity contribution is 5.76. The average molecular weight is 257 g/mol. The SMILES string of the molecule is CC(CN(C)C)NC(=O)NC(CC(=O)O)C1CC1. The zero-order valence-electron chi connectivity index (χ0n) is 11.3. The van der Waals surface area contributed by atoms with Gasteiger partial charge in [0.2, 0.25) is 0 Å². The van der Waals surface area contributed by atoms with Crippen LogP contribution in [-0.2, 0) is 4.79 Å². The Labute approximate surface area is 108 Å². The van der Waals surface area contributed by atoms with Gasteiger partial charge in [0.1, 0.15) is 0 Å². The zero-order chi connectivity index (χ0) is 13.7. The van der Waals surface area contributed by atoms with E-state index in [2.05, 4.69) is 10.6 Å². The molecule has 0 saturated heterocycles. The topological polar surface area (TPSA) is 81.7 Å². The first kappa shape index (κ1) is 14.8. The summed E-state index contributed by atoms with van der Waals surface area (Å²) >= 11 is 0. The summed E-state index contributed by atoms with van der Waals surface area (Å²) in [7, 11) is 3.88. The number of hydrogen-bond donors (Lipinski definition) is 3. The van der Waals surface area contributed by atoms with Crippen LogP contribution in [0, 0.1) is 5.92 Å². The first-order valence-electron chi connectivity index (χ1n) is 6.32. The van der Waals surface area contributed by atoms with Crippen molar-refractivity contribution in [1.29, 1.82) is 0 Å². The van der Waals surface area contributed by atoms with Gasteiger partial charge in [-0.3, -0.25) is 4.79 Å². The molecule has 0 aromatic rings. The fraction of sp³-hybridized carbons (Fsp3) is 0.833. The van der Waals surface area contributed by atoms with E-state index in [1.165, 1.54) is 0 Å². The molecule has 0 bridgehead atoms. The molecule has 1 rings (SSSR count). The van der Waals surface area contributed by atoms with E-state index in [9.17, 15) is 9.59 Å². The summed E-state index contributed by atoms with van der Waals surface area (Å²) < 4.78 is 0. The molecule has 18 heavy (non-hydrogen) atoms. The first-order valence-corrected chi connectivity index (χ1v) is 6.32. The lowest BCUT2D eigenvalue weighted by Gasteiger charge is -2.21. The number of likely N-dealkylation sites (N-methyl/N-ethyl adjacent to an activating group) is 1. The van der Waals surface area contributed by atoms with Crippen molar-refractivity contribution in [2.24, 2.45) is 5.92 Å². The van der Waals surface area contributed by atoms with Crippen LogP contribution in [0.3, 0.4) is 0 Å². The molecule has 1 fully saturated rings. The third kappa shape index (κ3) is 5.86. The Morgan fingerprint density at radius 1 is 1.33 bits per heavy atom. The molecule has 1 aliphatic carbocycles. The minimum absolute atomic E-state index is 0.000147. The Balaban J connectivity index is 2.34. The molecule has 0 aliphatic heterocycles. The highest BCUT2D eigenvalue weighted by atomic mass is 16.4. The summed E-state index contributed by atoms with van der Waals surface area (Å²) in [5, 5.41) is 14.4. The second-order valence-corrected chi connectivity index (χ2v) is 5.32. The van der Waals surface area contributed by atoms with Crippen molar-refractivity contribution in [3.05, 3.63) is 0 Å². The molecule has 104 valence electrons. The maximum atomic E-state index is 11.7. The van der Waals surface area contributed by atoms with E-state index in [0.29, 0.717) is 5.92 Å². The molecule has 0 radical (unpaired) electrons. The third-order valence-electron chi connectivity index (χ3n) is 2.92. The van der Waals surface area contributed by atoms with Gasteiger partial charge in [0.15, 0.2) is 0 Å². The summed E-state index contributed by atoms with van der Waals surface area (Å²) in [6.07, 6.45) is 2.01. The molecule has 1 saturated carbocycles. The fourth-order valence-corrected chi connectivity index (χ4v) is 2.05. The van der Waals surface area contributed by atoms with E-state index >= 15 is 0 Å². The van der Waals surface area contributed by atoms with E-state index in [0.717, 1.165) is 19.4 Å². The maximum Gasteiger partial charge on any atom is 0.315 e. The van der Waals surface area contributed by atoms with Crippen LogP contribution in [0.5, 0.6) is 0 Å². The number of carboxylic acids is 1. The van der Waals surface area contributed by atoms with Gasteiger partial charge in [0.05, 0.1) is 6.42 Å². The van der Waals surface area contributed by atoms with E-state index < -0.39 is 5.97 Å². The summed E-state index contributed by atoms with van der Waals surface area (Å²) in [4.78, 5) is 24.4. The van der Waals surface area contributed by atoms with Gasteiger partial charge in [-0.25, -0.2) is 4.79 Å². The first-order chi connectivity index (χ1) is 8.38. The molecule has 2 unspecified atom stereocenters. The maximum absolute atomic E-state index is 11.7. The third-order valence-corrected chi connectivity index (χ3v) is 2.92. The summed E-state index contributed by atoms with van der Waals surface area (Å²) in [5.74, 6) is -0.537. The molecular weight excluding hydrogens is 234 g/mol. The van der Waals surface area contributed by atoms with E-state index in [4.69, 9.17) is 5.11 Å². The van der Waals surface area contributed by atoms with Crippen LogP contribution in [0.25, 0.3) is 0 Å². The van der Waals surface area contributed by atoms with Crippen molar-refractivity contribution in [2.45, 2.75) is 38.3 Å². The molecule has 0 aromatic carbocycles. The highest BCUT2D eigenvalue weighted by Gasteiger charge is 2.33. The number of rotatable bonds is 7. The van der Waals surface area contributed by atoms with Gasteiger partial charge in [0, 0.05) is 18.6 Å². The van der Waals surface area contributed by atoms with Crippen molar-refractivity contribution in [1.82, 2.24) is 15.5 Å². The summed E-state index contributed by atoms with van der Waals surface area (Å²) in [5.41, 5.74) is 0. The van der Waals surface area contributed by atoms with Crippen LogP contribution in [0.15, 0.2) is 0 Å². The molecule has 2 amide bonds. The monoisotopic (exact) mass is 257 g/mol. The molecule has 6 heteroatoms. The zero-order valence-corrected chi connectivity index (χ0v) is 11.3. The van der Waals surface area contributed by atoms with Crippen LogP contribution in [0.4, 0.5) is 4.79 Å². The molecule has 0 heterocycles. The van der Waals surface area contributed by atoms with Crippen LogP contribution in [-0.4, -0.2) is 54.7 Å². The minimum atomic E-state index is -0.867. The molecule has 1 aliphatic rings. The Hall–Kier alpha value is -1.30. The lowest BCUT2D eigenvalue weighted by atomic mass is 10.1. The van der Waals surface area contributed by atoms with Crippen LogP contribution in [0.1, 0.15) is 26.2 Å². The van der Waals surface area contributed by atoms with Crippen molar-refractivity contribution < 1.29 is 14.7 Å². The molecule has 3 N–H and O–H groups in total. The van der Waals surface area contributed by atoms with Gasteiger partial charge in [-0.2, -0.15) is 0 Å². The van der Waals surface area contributed by atoms with Crippen molar-refractivity contribution in [3.63, 3.8) is 0 Å². The Kier molecular flexibility index (Phi) is 5.40. The van der Waals surface area contributed by atoms with Gasteiger partial charge in [-0.15, -0.1) is 0 Å². The number of urea groups is 1. The van der Waals surface area contributed by atoms with Gasteiger partial charge in [0.25, 0.3) is 0 Å². The van der Waals surface area contributed by atoms with Crippen molar-refractivity contribution in [2.75, 3.05) is 20.6 Å². The smallest absolute Gasteiger partial charge is 0.315 e. The largest absolute Gasteiger partial charge is 0.481 e. The second kappa shape index (κ2) is 6.58. The number of carboxylic acid groups (broad SMARTS) is 1. The lowest BCUT2D eigenvalue weighted by Crippen LogP contribution is -2.49. The summed E-state index contributed by atoms with van der Waals surface area (Å²) in [6.45, 7) is 2.67. The summed E-state index contributed by atoms with van der Waals surface area (Å²) in [6, 6.07) is -0.485. The number of carbonyl (C=O) groups is 2. The quantitative estimate of drug-likeness (QED) is 0.620. The van der Waals surface area contributed by atoms with E-state index in [-0.39, 0.29) is 24.5 Å². The molecular formula is C12H23N3O3. The standard InChI is InChI=1S/C12H23N3O3/c1-8(7-15(2)3)13-12(18)14-10(6-11(16)17)9-4-5-9/h8-10H,4-7H2,1-3H3,(H,16,17)(H2,13,14,18). The Bertz CT molecular complexity index is 303. The number of carbonyl (C=O) groups excluding carboxylic acids is 1. The van der Waals surface area contributed by atoms with Crippen LogP contribution >= 0.6 is 0 Å². The Morgan fingerprint density at radius 3 is 2.39 bits per heavy atom. The molecule has 2 atom stereocenters. The van der Waals surface area contributed by atoms with Gasteiger partial charge in [-0.05, 0) is 39.8 Å². The fourth-order valence-electron chi connectivity index (χ4n) is 2.05. The van der Waals surface area contributed by atoms with Gasteiger partial charge in [-0.1, -0.05) is 0 Å². The highest BCUT2D eigenvalue weighted by Crippen LogP contribution is 2.33. The number of amides is 2. The van der Waals surface area contributed by atoms with Crippen LogP contribution < -0.4 is 10.6 Å². The normalized spacial score (nSPS) is 18.2. The molecule has 0 spiro atoms. The number of hydrogen-bond acceptors (Lipinski definition) is 3. The Morgan fingerprint density at radius 2 is 1.94 bits per heavy atom. The van der Waals surface area contributed by atoms with Crippen molar-refractivity contribution >= 4 is 12.0 Å².